The van der Waals surface area contributed by atoms with Crippen LogP contribution in [0.2, 0.25) is 0 Å². The third-order valence-corrected chi connectivity index (χ3v) is 5.95. The molecule has 4 rings (SSSR count). The van der Waals surface area contributed by atoms with Crippen LogP contribution in [-0.2, 0) is 24.0 Å². The summed E-state index contributed by atoms with van der Waals surface area (Å²) >= 11 is 0. The van der Waals surface area contributed by atoms with E-state index in [-0.39, 0.29) is 12.3 Å². The molecule has 0 aromatic heterocycles. The maximum absolute atomic E-state index is 12.8. The monoisotopic (exact) mass is 452 g/mol. The number of alkyl halides is 3. The van der Waals surface area contributed by atoms with Crippen molar-refractivity contribution in [3.05, 3.63) is 101 Å². The minimum absolute atomic E-state index is 0.0305. The molecule has 3 aromatic rings. The highest BCUT2D eigenvalue weighted by Crippen LogP contribution is 2.39. The normalized spacial score (nSPS) is 15.7. The number of benzene rings is 3. The summed E-state index contributed by atoms with van der Waals surface area (Å²) in [5.74, 6) is -0.335. The molecule has 0 spiro atoms. The molecule has 0 saturated carbocycles. The smallest absolute Gasteiger partial charge is 0.416 e. The molecule has 0 saturated heterocycles. The van der Waals surface area contributed by atoms with E-state index in [4.69, 9.17) is 4.74 Å². The van der Waals surface area contributed by atoms with Gasteiger partial charge in [-0.05, 0) is 71.0 Å². The summed E-state index contributed by atoms with van der Waals surface area (Å²) in [4.78, 5) is 11.2. The van der Waals surface area contributed by atoms with E-state index in [9.17, 15) is 23.1 Å². The standard InChI is InChI=1S/C27H23F3O3/c1-17-5-6-21-14-23(11-12-24(21)25(17)15-26(31)32)33-16-18-3-2-4-20(13-18)19-7-9-22(10-8-19)27(28,29)30/h2-4,7-14,25H,1,5-6,15-16H2,(H,31,32). The van der Waals surface area contributed by atoms with Gasteiger partial charge in [0.1, 0.15) is 12.4 Å². The van der Waals surface area contributed by atoms with Gasteiger partial charge in [0.2, 0.25) is 0 Å². The van der Waals surface area contributed by atoms with Gasteiger partial charge in [0.25, 0.3) is 0 Å². The molecule has 1 atom stereocenters. The van der Waals surface area contributed by atoms with Gasteiger partial charge in [-0.15, -0.1) is 0 Å². The van der Waals surface area contributed by atoms with E-state index in [0.717, 1.165) is 52.8 Å². The first kappa shape index (κ1) is 22.6. The van der Waals surface area contributed by atoms with Gasteiger partial charge in [0.05, 0.1) is 12.0 Å². The maximum atomic E-state index is 12.8. The number of aryl methyl sites for hydroxylation is 1. The molecule has 6 heteroatoms. The highest BCUT2D eigenvalue weighted by molar-refractivity contribution is 5.69. The zero-order valence-corrected chi connectivity index (χ0v) is 17.9. The molecule has 1 unspecified atom stereocenters. The first-order chi connectivity index (χ1) is 15.7. The number of allylic oxidation sites excluding steroid dienone is 1. The van der Waals surface area contributed by atoms with Gasteiger partial charge in [-0.25, -0.2) is 0 Å². The number of aliphatic carboxylic acids is 1. The highest BCUT2D eigenvalue weighted by atomic mass is 19.4. The van der Waals surface area contributed by atoms with E-state index in [0.29, 0.717) is 17.9 Å². The van der Waals surface area contributed by atoms with Crippen LogP contribution < -0.4 is 4.74 Å². The van der Waals surface area contributed by atoms with E-state index in [1.54, 1.807) is 0 Å². The molecule has 0 radical (unpaired) electrons. The summed E-state index contributed by atoms with van der Waals surface area (Å²) < 4.78 is 44.4. The second kappa shape index (κ2) is 9.14. The molecule has 3 nitrogen and oxygen atoms in total. The molecule has 1 aliphatic carbocycles. The van der Waals surface area contributed by atoms with Crippen molar-refractivity contribution in [2.75, 3.05) is 0 Å². The lowest BCUT2D eigenvalue weighted by Crippen LogP contribution is -2.15. The third kappa shape index (κ3) is 5.28. The zero-order valence-electron chi connectivity index (χ0n) is 17.9. The average molecular weight is 452 g/mol. The lowest BCUT2D eigenvalue weighted by atomic mass is 9.78. The zero-order chi connectivity index (χ0) is 23.6. The highest BCUT2D eigenvalue weighted by Gasteiger charge is 2.30. The summed E-state index contributed by atoms with van der Waals surface area (Å²) in [5.41, 5.74) is 4.73. The summed E-state index contributed by atoms with van der Waals surface area (Å²) in [6.45, 7) is 4.35. The van der Waals surface area contributed by atoms with Crippen LogP contribution in [0.5, 0.6) is 5.75 Å². The number of ether oxygens (including phenoxy) is 1. The Labute approximate surface area is 190 Å². The minimum Gasteiger partial charge on any atom is -0.489 e. The number of halogens is 3. The van der Waals surface area contributed by atoms with E-state index in [1.165, 1.54) is 12.1 Å². The third-order valence-electron chi connectivity index (χ3n) is 5.95. The fourth-order valence-electron chi connectivity index (χ4n) is 4.21. The van der Waals surface area contributed by atoms with Crippen LogP contribution >= 0.6 is 0 Å². The Morgan fingerprint density at radius 3 is 2.45 bits per heavy atom. The number of hydrogen-bond acceptors (Lipinski definition) is 2. The van der Waals surface area contributed by atoms with Crippen molar-refractivity contribution in [1.29, 1.82) is 0 Å². The summed E-state index contributed by atoms with van der Waals surface area (Å²) in [6.07, 6.45) is -2.78. The minimum atomic E-state index is -4.36. The topological polar surface area (TPSA) is 46.5 Å². The van der Waals surface area contributed by atoms with Crippen molar-refractivity contribution in [2.24, 2.45) is 0 Å². The number of carboxylic acid groups (broad SMARTS) is 1. The molecule has 0 heterocycles. The van der Waals surface area contributed by atoms with Crippen LogP contribution in [0.4, 0.5) is 13.2 Å². The van der Waals surface area contributed by atoms with Gasteiger partial charge in [-0.1, -0.05) is 48.6 Å². The van der Waals surface area contributed by atoms with E-state index in [2.05, 4.69) is 6.58 Å². The van der Waals surface area contributed by atoms with Crippen molar-refractivity contribution in [1.82, 2.24) is 0 Å². The SMILES string of the molecule is C=C1CCc2cc(OCc3cccc(-c4ccc(C(F)(F)F)cc4)c3)ccc2C1CC(=O)O. The van der Waals surface area contributed by atoms with Crippen LogP contribution in [0.3, 0.4) is 0 Å². The predicted octanol–water partition coefficient (Wildman–Crippen LogP) is 7.01. The Hall–Kier alpha value is -3.54. The average Bonchev–Trinajstić information content (AvgIpc) is 2.79. The van der Waals surface area contributed by atoms with Crippen molar-refractivity contribution in [3.63, 3.8) is 0 Å². The second-order valence-electron chi connectivity index (χ2n) is 8.23. The molecule has 0 bridgehead atoms. The number of hydrogen-bond donors (Lipinski definition) is 1. The summed E-state index contributed by atoms with van der Waals surface area (Å²) in [5, 5.41) is 9.21. The van der Waals surface area contributed by atoms with E-state index in [1.807, 2.05) is 42.5 Å². The number of fused-ring (bicyclic) bond motifs is 1. The van der Waals surface area contributed by atoms with Gasteiger partial charge in [0.15, 0.2) is 0 Å². The van der Waals surface area contributed by atoms with Crippen LogP contribution in [0.25, 0.3) is 11.1 Å². The van der Waals surface area contributed by atoms with Crippen molar-refractivity contribution < 1.29 is 27.8 Å². The molecular formula is C27H23F3O3. The fraction of sp³-hybridized carbons (Fsp3) is 0.222. The van der Waals surface area contributed by atoms with Gasteiger partial charge in [0, 0.05) is 5.92 Å². The molecule has 0 aliphatic heterocycles. The molecule has 170 valence electrons. The Morgan fingerprint density at radius 2 is 1.76 bits per heavy atom. The Bertz CT molecular complexity index is 1180. The lowest BCUT2D eigenvalue weighted by Gasteiger charge is -2.27. The molecule has 33 heavy (non-hydrogen) atoms. The number of carboxylic acids is 1. The van der Waals surface area contributed by atoms with Gasteiger partial charge in [-0.2, -0.15) is 13.2 Å². The van der Waals surface area contributed by atoms with E-state index < -0.39 is 17.7 Å². The van der Waals surface area contributed by atoms with Crippen molar-refractivity contribution >= 4 is 5.97 Å². The van der Waals surface area contributed by atoms with Crippen molar-refractivity contribution in [3.8, 4) is 16.9 Å². The predicted molar refractivity (Wildman–Crippen MR) is 120 cm³/mol. The van der Waals surface area contributed by atoms with Gasteiger partial charge < -0.3 is 9.84 Å². The molecule has 0 fully saturated rings. The lowest BCUT2D eigenvalue weighted by molar-refractivity contribution is -0.138. The largest absolute Gasteiger partial charge is 0.489 e. The Balaban J connectivity index is 1.47. The summed E-state index contributed by atoms with van der Waals surface area (Å²) in [7, 11) is 0. The maximum Gasteiger partial charge on any atom is 0.416 e. The Kier molecular flexibility index (Phi) is 6.27. The van der Waals surface area contributed by atoms with Crippen LogP contribution in [0, 0.1) is 0 Å². The van der Waals surface area contributed by atoms with Crippen LogP contribution in [-0.4, -0.2) is 11.1 Å². The van der Waals surface area contributed by atoms with Crippen LogP contribution in [0.15, 0.2) is 78.9 Å². The van der Waals surface area contributed by atoms with Gasteiger partial charge >= 0.3 is 12.1 Å². The molecule has 0 amide bonds. The first-order valence-corrected chi connectivity index (χ1v) is 10.6. The number of rotatable bonds is 6. The summed E-state index contributed by atoms with van der Waals surface area (Å²) in [6, 6.07) is 18.3. The van der Waals surface area contributed by atoms with Crippen LogP contribution in [0.1, 0.15) is 41.0 Å². The quantitative estimate of drug-likeness (QED) is 0.409. The molecule has 1 aliphatic rings. The first-order valence-electron chi connectivity index (χ1n) is 10.6. The van der Waals surface area contributed by atoms with E-state index >= 15 is 0 Å². The fourth-order valence-corrected chi connectivity index (χ4v) is 4.21. The van der Waals surface area contributed by atoms with Gasteiger partial charge in [-0.3, -0.25) is 4.79 Å². The molecule has 3 aromatic carbocycles. The molecular weight excluding hydrogens is 429 g/mol. The Morgan fingerprint density at radius 1 is 1.00 bits per heavy atom. The van der Waals surface area contributed by atoms with Crippen molar-refractivity contribution in [2.45, 2.75) is 38.0 Å². The second-order valence-corrected chi connectivity index (χ2v) is 8.23. The number of carbonyl (C=O) groups is 1. The molecule has 1 N–H and O–H groups in total.